The maximum absolute atomic E-state index is 12.1. The Morgan fingerprint density at radius 2 is 1.95 bits per heavy atom. The van der Waals surface area contributed by atoms with Crippen LogP contribution < -0.4 is 10.5 Å². The molecule has 0 saturated carbocycles. The van der Waals surface area contributed by atoms with Crippen molar-refractivity contribution in [1.82, 2.24) is 4.98 Å². The summed E-state index contributed by atoms with van der Waals surface area (Å²) in [4.78, 5) is 3.70. The van der Waals surface area contributed by atoms with Crippen molar-refractivity contribution in [3.63, 3.8) is 0 Å². The summed E-state index contributed by atoms with van der Waals surface area (Å²) in [6, 6.07) is 11.0. The van der Waals surface area contributed by atoms with E-state index < -0.39 is 10.0 Å². The van der Waals surface area contributed by atoms with Crippen molar-refractivity contribution < 1.29 is 8.42 Å². The van der Waals surface area contributed by atoms with Crippen LogP contribution in [0.1, 0.15) is 5.56 Å². The molecule has 0 radical (unpaired) electrons. The number of nitrogens with two attached hydrogens (primary N) is 1. The van der Waals surface area contributed by atoms with Crippen molar-refractivity contribution in [2.45, 2.75) is 4.90 Å². The number of para-hydroxylation sites is 1. The molecule has 0 saturated heterocycles. The fourth-order valence-corrected chi connectivity index (χ4v) is 2.45. The van der Waals surface area contributed by atoms with E-state index in [0.717, 1.165) is 6.20 Å². The first kappa shape index (κ1) is 12.9. The fraction of sp³-hybridized carbons (Fsp3) is 0. The van der Waals surface area contributed by atoms with Crippen LogP contribution in [-0.4, -0.2) is 13.4 Å². The minimum atomic E-state index is -3.78. The number of nitriles is 1. The van der Waals surface area contributed by atoms with Gasteiger partial charge in [0.1, 0.15) is 16.8 Å². The molecule has 1 heterocycles. The van der Waals surface area contributed by atoms with Crippen molar-refractivity contribution in [1.29, 1.82) is 5.26 Å². The second kappa shape index (κ2) is 4.96. The Balaban J connectivity index is 2.37. The summed E-state index contributed by atoms with van der Waals surface area (Å²) in [5.74, 6) is 0.233. The first-order chi connectivity index (χ1) is 9.03. The van der Waals surface area contributed by atoms with Gasteiger partial charge in [-0.3, -0.25) is 4.72 Å². The molecule has 0 fully saturated rings. The van der Waals surface area contributed by atoms with Gasteiger partial charge in [-0.1, -0.05) is 12.1 Å². The van der Waals surface area contributed by atoms with Crippen molar-refractivity contribution in [2.24, 2.45) is 0 Å². The molecule has 0 aliphatic carbocycles. The van der Waals surface area contributed by atoms with Gasteiger partial charge in [-0.05, 0) is 24.3 Å². The number of hydrogen-bond acceptors (Lipinski definition) is 5. The molecule has 0 spiro atoms. The largest absolute Gasteiger partial charge is 0.384 e. The lowest BCUT2D eigenvalue weighted by molar-refractivity contribution is 0.601. The summed E-state index contributed by atoms with van der Waals surface area (Å²) in [7, 11) is -3.78. The predicted molar refractivity (Wildman–Crippen MR) is 70.6 cm³/mol. The zero-order valence-electron chi connectivity index (χ0n) is 9.74. The Morgan fingerprint density at radius 3 is 2.58 bits per heavy atom. The molecule has 0 amide bonds. The normalized spacial score (nSPS) is 10.7. The lowest BCUT2D eigenvalue weighted by Crippen LogP contribution is -2.14. The Bertz CT molecular complexity index is 733. The Morgan fingerprint density at radius 1 is 1.21 bits per heavy atom. The lowest BCUT2D eigenvalue weighted by atomic mass is 10.2. The minimum absolute atomic E-state index is 0.0190. The molecule has 0 atom stereocenters. The third-order valence-electron chi connectivity index (χ3n) is 2.36. The highest BCUT2D eigenvalue weighted by molar-refractivity contribution is 7.92. The summed E-state index contributed by atoms with van der Waals surface area (Å²) in [5.41, 5.74) is 5.87. The van der Waals surface area contributed by atoms with Crippen LogP contribution in [0.3, 0.4) is 0 Å². The van der Waals surface area contributed by atoms with Gasteiger partial charge in [0, 0.05) is 6.20 Å². The molecule has 3 N–H and O–H groups in total. The summed E-state index contributed by atoms with van der Waals surface area (Å²) in [6.07, 6.45) is 1.16. The molecule has 0 aliphatic rings. The van der Waals surface area contributed by atoms with E-state index in [4.69, 9.17) is 11.0 Å². The van der Waals surface area contributed by atoms with E-state index in [1.54, 1.807) is 12.1 Å². The monoisotopic (exact) mass is 274 g/mol. The van der Waals surface area contributed by atoms with Crippen LogP contribution in [0.2, 0.25) is 0 Å². The van der Waals surface area contributed by atoms with Gasteiger partial charge in [0.2, 0.25) is 0 Å². The zero-order chi connectivity index (χ0) is 13.9. The number of benzene rings is 1. The van der Waals surface area contributed by atoms with Gasteiger partial charge in [0.05, 0.1) is 11.3 Å². The summed E-state index contributed by atoms with van der Waals surface area (Å²) in [5, 5.41) is 8.91. The number of nitrogen functional groups attached to an aromatic ring is 1. The number of anilines is 2. The predicted octanol–water partition coefficient (Wildman–Crippen LogP) is 1.34. The molecule has 7 heteroatoms. The van der Waals surface area contributed by atoms with Gasteiger partial charge in [-0.2, -0.15) is 5.26 Å². The third kappa shape index (κ3) is 2.81. The third-order valence-corrected chi connectivity index (χ3v) is 3.71. The molecular weight excluding hydrogens is 264 g/mol. The molecule has 6 nitrogen and oxygen atoms in total. The zero-order valence-corrected chi connectivity index (χ0v) is 10.6. The summed E-state index contributed by atoms with van der Waals surface area (Å²) < 4.78 is 26.5. The Kier molecular flexibility index (Phi) is 3.35. The second-order valence-electron chi connectivity index (χ2n) is 3.68. The number of nitrogens with zero attached hydrogens (tertiary/aromatic N) is 2. The van der Waals surface area contributed by atoms with E-state index in [2.05, 4.69) is 9.71 Å². The topological polar surface area (TPSA) is 109 Å². The number of sulfonamides is 1. The molecule has 0 bridgehead atoms. The van der Waals surface area contributed by atoms with Crippen LogP contribution in [0.5, 0.6) is 0 Å². The van der Waals surface area contributed by atoms with Crippen LogP contribution >= 0.6 is 0 Å². The van der Waals surface area contributed by atoms with Crippen LogP contribution in [0.25, 0.3) is 0 Å². The van der Waals surface area contributed by atoms with E-state index in [1.807, 2.05) is 6.07 Å². The summed E-state index contributed by atoms with van der Waals surface area (Å²) >= 11 is 0. The SMILES string of the molecule is N#Cc1ccccc1NS(=O)(=O)c1ccc(N)nc1. The van der Waals surface area contributed by atoms with E-state index >= 15 is 0 Å². The average Bonchev–Trinajstić information content (AvgIpc) is 2.39. The standard InChI is InChI=1S/C12H10N4O2S/c13-7-9-3-1-2-4-11(9)16-19(17,18)10-5-6-12(14)15-8-10/h1-6,8,16H,(H2,14,15). The van der Waals surface area contributed by atoms with Crippen molar-refractivity contribution in [3.05, 3.63) is 48.2 Å². The first-order valence-corrected chi connectivity index (χ1v) is 6.75. The highest BCUT2D eigenvalue weighted by Crippen LogP contribution is 2.19. The van der Waals surface area contributed by atoms with E-state index in [1.165, 1.54) is 24.3 Å². The maximum atomic E-state index is 12.1. The molecular formula is C12H10N4O2S. The van der Waals surface area contributed by atoms with Crippen LogP contribution in [0, 0.1) is 11.3 Å². The van der Waals surface area contributed by atoms with E-state index in [-0.39, 0.29) is 22.0 Å². The molecule has 0 unspecified atom stereocenters. The highest BCUT2D eigenvalue weighted by Gasteiger charge is 2.16. The highest BCUT2D eigenvalue weighted by atomic mass is 32.2. The molecule has 2 rings (SSSR count). The number of pyridine rings is 1. The van der Waals surface area contributed by atoms with Gasteiger partial charge < -0.3 is 5.73 Å². The summed E-state index contributed by atoms with van der Waals surface area (Å²) in [6.45, 7) is 0. The fourth-order valence-electron chi connectivity index (χ4n) is 1.42. The van der Waals surface area contributed by atoms with Crippen LogP contribution in [-0.2, 0) is 10.0 Å². The Labute approximate surface area is 110 Å². The van der Waals surface area contributed by atoms with Crippen LogP contribution in [0.4, 0.5) is 11.5 Å². The average molecular weight is 274 g/mol. The van der Waals surface area contributed by atoms with Gasteiger partial charge in [0.25, 0.3) is 10.0 Å². The van der Waals surface area contributed by atoms with Crippen LogP contribution in [0.15, 0.2) is 47.5 Å². The second-order valence-corrected chi connectivity index (χ2v) is 5.36. The number of hydrogen-bond donors (Lipinski definition) is 2. The van der Waals surface area contributed by atoms with Gasteiger partial charge >= 0.3 is 0 Å². The van der Waals surface area contributed by atoms with Crippen molar-refractivity contribution in [2.75, 3.05) is 10.5 Å². The van der Waals surface area contributed by atoms with Gasteiger partial charge in [0.15, 0.2) is 0 Å². The molecule has 96 valence electrons. The number of aromatic nitrogens is 1. The van der Waals surface area contributed by atoms with E-state index in [0.29, 0.717) is 0 Å². The first-order valence-electron chi connectivity index (χ1n) is 5.26. The Hall–Kier alpha value is -2.59. The quantitative estimate of drug-likeness (QED) is 0.877. The van der Waals surface area contributed by atoms with Crippen molar-refractivity contribution >= 4 is 21.5 Å². The van der Waals surface area contributed by atoms with Crippen molar-refractivity contribution in [3.8, 4) is 6.07 Å². The smallest absolute Gasteiger partial charge is 0.263 e. The van der Waals surface area contributed by atoms with Gasteiger partial charge in [-0.25, -0.2) is 13.4 Å². The lowest BCUT2D eigenvalue weighted by Gasteiger charge is -2.08. The molecule has 1 aromatic carbocycles. The number of rotatable bonds is 3. The molecule has 0 aliphatic heterocycles. The maximum Gasteiger partial charge on any atom is 0.263 e. The molecule has 1 aromatic heterocycles. The molecule has 19 heavy (non-hydrogen) atoms. The minimum Gasteiger partial charge on any atom is -0.384 e. The number of nitrogens with one attached hydrogen (secondary N) is 1. The van der Waals surface area contributed by atoms with E-state index in [9.17, 15) is 8.42 Å². The van der Waals surface area contributed by atoms with Gasteiger partial charge in [-0.15, -0.1) is 0 Å². The molecule has 2 aromatic rings.